The number of hydrogen-bond donors (Lipinski definition) is 0. The average molecular weight is 294 g/mol. The molecule has 0 spiro atoms. The molecule has 2 aromatic carbocycles. The van der Waals surface area contributed by atoms with Crippen LogP contribution in [0.2, 0.25) is 0 Å². The maximum absolute atomic E-state index is 11.4. The minimum absolute atomic E-state index is 0.0261. The zero-order valence-electron chi connectivity index (χ0n) is 12.4. The number of epoxide rings is 1. The van der Waals surface area contributed by atoms with Gasteiger partial charge in [-0.25, -0.2) is 4.79 Å². The highest BCUT2D eigenvalue weighted by atomic mass is 16.6. The highest BCUT2D eigenvalue weighted by Gasteiger charge is 2.55. The molecule has 0 amide bonds. The number of esters is 1. The van der Waals surface area contributed by atoms with E-state index in [9.17, 15) is 4.79 Å². The van der Waals surface area contributed by atoms with Crippen molar-refractivity contribution in [1.82, 2.24) is 0 Å². The second-order valence-corrected chi connectivity index (χ2v) is 5.31. The Morgan fingerprint density at radius 1 is 1.14 bits per heavy atom. The predicted molar refractivity (Wildman–Crippen MR) is 84.3 cm³/mol. The second-order valence-electron chi connectivity index (χ2n) is 5.31. The molecule has 1 heterocycles. The number of methoxy groups -OCH3 is 1. The molecule has 0 saturated carbocycles. The first-order chi connectivity index (χ1) is 10.7. The first-order valence-electron chi connectivity index (χ1n) is 7.29. The molecule has 3 rings (SSSR count). The third-order valence-electron chi connectivity index (χ3n) is 3.92. The molecule has 0 bridgehead atoms. The van der Waals surface area contributed by atoms with Crippen LogP contribution in [0.25, 0.3) is 0 Å². The fourth-order valence-corrected chi connectivity index (χ4v) is 2.68. The van der Waals surface area contributed by atoms with Crippen LogP contribution in [-0.2, 0) is 26.3 Å². The van der Waals surface area contributed by atoms with Crippen molar-refractivity contribution in [3.63, 3.8) is 0 Å². The van der Waals surface area contributed by atoms with E-state index in [1.54, 1.807) is 0 Å². The Kier molecular flexibility index (Phi) is 4.07. The quantitative estimate of drug-likeness (QED) is 0.483. The van der Waals surface area contributed by atoms with Gasteiger partial charge in [-0.15, -0.1) is 0 Å². The van der Waals surface area contributed by atoms with Gasteiger partial charge in [0, 0.05) is 12.5 Å². The van der Waals surface area contributed by atoms with Crippen molar-refractivity contribution in [3.05, 3.63) is 83.9 Å². The van der Waals surface area contributed by atoms with Gasteiger partial charge in [-0.3, -0.25) is 0 Å². The molecule has 2 aromatic rings. The van der Waals surface area contributed by atoms with Gasteiger partial charge < -0.3 is 9.47 Å². The Morgan fingerprint density at radius 2 is 1.77 bits per heavy atom. The molecule has 2 atom stereocenters. The Bertz CT molecular complexity index is 664. The fourth-order valence-electron chi connectivity index (χ4n) is 2.68. The predicted octanol–water partition coefficient (Wildman–Crippen LogP) is 3.25. The van der Waals surface area contributed by atoms with Gasteiger partial charge in [0.25, 0.3) is 0 Å². The number of carbonyl (C=O) groups excluding carboxylic acids is 1. The van der Waals surface area contributed by atoms with Gasteiger partial charge in [-0.2, -0.15) is 0 Å². The summed E-state index contributed by atoms with van der Waals surface area (Å²) >= 11 is 0. The van der Waals surface area contributed by atoms with E-state index in [0.717, 1.165) is 12.0 Å². The monoisotopic (exact) mass is 294 g/mol. The van der Waals surface area contributed by atoms with E-state index in [-0.39, 0.29) is 12.1 Å². The SMILES string of the molecule is COC(=O)/C=C/[C@]1(c2ccccc2)O[C@@H]1Cc1ccccc1. The van der Waals surface area contributed by atoms with Crippen molar-refractivity contribution in [2.75, 3.05) is 7.11 Å². The molecule has 112 valence electrons. The van der Waals surface area contributed by atoms with Crippen molar-refractivity contribution in [2.24, 2.45) is 0 Å². The summed E-state index contributed by atoms with van der Waals surface area (Å²) < 4.78 is 10.7. The molecule has 1 saturated heterocycles. The van der Waals surface area contributed by atoms with E-state index in [4.69, 9.17) is 4.74 Å². The van der Waals surface area contributed by atoms with Crippen LogP contribution in [0.3, 0.4) is 0 Å². The first kappa shape index (κ1) is 14.5. The Labute approximate surface area is 130 Å². The molecule has 0 unspecified atom stereocenters. The number of carbonyl (C=O) groups is 1. The third kappa shape index (κ3) is 2.95. The maximum atomic E-state index is 11.4. The van der Waals surface area contributed by atoms with E-state index in [1.165, 1.54) is 18.7 Å². The summed E-state index contributed by atoms with van der Waals surface area (Å²) in [6.07, 6.45) is 4.08. The Morgan fingerprint density at radius 3 is 2.41 bits per heavy atom. The molecule has 1 aliphatic rings. The minimum atomic E-state index is -0.536. The summed E-state index contributed by atoms with van der Waals surface area (Å²) in [6, 6.07) is 20.2. The van der Waals surface area contributed by atoms with Crippen LogP contribution in [-0.4, -0.2) is 19.2 Å². The molecule has 1 fully saturated rings. The van der Waals surface area contributed by atoms with Gasteiger partial charge in [0.1, 0.15) is 11.7 Å². The Balaban J connectivity index is 1.84. The smallest absolute Gasteiger partial charge is 0.330 e. The molecule has 0 radical (unpaired) electrons. The van der Waals surface area contributed by atoms with Crippen LogP contribution < -0.4 is 0 Å². The maximum Gasteiger partial charge on any atom is 0.330 e. The molecule has 3 heteroatoms. The lowest BCUT2D eigenvalue weighted by atomic mass is 9.91. The zero-order valence-corrected chi connectivity index (χ0v) is 12.4. The van der Waals surface area contributed by atoms with Crippen LogP contribution in [0.5, 0.6) is 0 Å². The average Bonchev–Trinajstić information content (AvgIpc) is 3.28. The topological polar surface area (TPSA) is 38.8 Å². The summed E-state index contributed by atoms with van der Waals surface area (Å²) in [5.74, 6) is -0.371. The minimum Gasteiger partial charge on any atom is -0.466 e. The molecule has 3 nitrogen and oxygen atoms in total. The lowest BCUT2D eigenvalue weighted by molar-refractivity contribution is -0.134. The summed E-state index contributed by atoms with van der Waals surface area (Å²) in [7, 11) is 1.37. The standard InChI is InChI=1S/C19H18O3/c1-21-18(20)12-13-19(16-10-6-3-7-11-16)17(22-19)14-15-8-4-2-5-9-15/h2-13,17H,14H2,1H3/b13-12+/t17-,19-/m1/s1. The molecule has 1 aliphatic heterocycles. The van der Waals surface area contributed by atoms with Gasteiger partial charge >= 0.3 is 5.97 Å². The molecular weight excluding hydrogens is 276 g/mol. The van der Waals surface area contributed by atoms with Gasteiger partial charge in [-0.1, -0.05) is 60.7 Å². The largest absolute Gasteiger partial charge is 0.466 e. The highest BCUT2D eigenvalue weighted by Crippen LogP contribution is 2.49. The summed E-state index contributed by atoms with van der Waals surface area (Å²) in [5.41, 5.74) is 1.73. The summed E-state index contributed by atoms with van der Waals surface area (Å²) in [6.45, 7) is 0. The van der Waals surface area contributed by atoms with Crippen molar-refractivity contribution in [1.29, 1.82) is 0 Å². The van der Waals surface area contributed by atoms with Crippen LogP contribution in [0, 0.1) is 0 Å². The van der Waals surface area contributed by atoms with Crippen molar-refractivity contribution >= 4 is 5.97 Å². The molecule has 22 heavy (non-hydrogen) atoms. The van der Waals surface area contributed by atoms with Crippen LogP contribution in [0.4, 0.5) is 0 Å². The number of benzene rings is 2. The van der Waals surface area contributed by atoms with E-state index in [1.807, 2.05) is 54.6 Å². The van der Waals surface area contributed by atoms with E-state index in [0.29, 0.717) is 0 Å². The second kappa shape index (κ2) is 6.16. The zero-order chi connectivity index (χ0) is 15.4. The summed E-state index contributed by atoms with van der Waals surface area (Å²) in [5, 5.41) is 0. The van der Waals surface area contributed by atoms with Crippen LogP contribution in [0.15, 0.2) is 72.8 Å². The fraction of sp³-hybridized carbons (Fsp3) is 0.211. The first-order valence-corrected chi connectivity index (χ1v) is 7.29. The van der Waals surface area contributed by atoms with E-state index < -0.39 is 5.60 Å². The van der Waals surface area contributed by atoms with Gasteiger partial charge in [0.2, 0.25) is 0 Å². The van der Waals surface area contributed by atoms with E-state index >= 15 is 0 Å². The lowest BCUT2D eigenvalue weighted by Crippen LogP contribution is -2.12. The molecular formula is C19H18O3. The van der Waals surface area contributed by atoms with Crippen molar-refractivity contribution < 1.29 is 14.3 Å². The molecule has 0 aromatic heterocycles. The van der Waals surface area contributed by atoms with Crippen LogP contribution >= 0.6 is 0 Å². The van der Waals surface area contributed by atoms with Crippen molar-refractivity contribution in [2.45, 2.75) is 18.1 Å². The molecule has 0 N–H and O–H groups in total. The molecule has 0 aliphatic carbocycles. The summed E-state index contributed by atoms with van der Waals surface area (Å²) in [4.78, 5) is 11.4. The highest BCUT2D eigenvalue weighted by molar-refractivity contribution is 5.82. The van der Waals surface area contributed by atoms with Crippen molar-refractivity contribution in [3.8, 4) is 0 Å². The lowest BCUT2D eigenvalue weighted by Gasteiger charge is -2.08. The number of ether oxygens (including phenoxy) is 2. The number of rotatable bonds is 5. The normalized spacial score (nSPS) is 23.4. The van der Waals surface area contributed by atoms with Gasteiger partial charge in [0.05, 0.1) is 7.11 Å². The van der Waals surface area contributed by atoms with Gasteiger partial charge in [-0.05, 0) is 17.2 Å². The number of hydrogen-bond acceptors (Lipinski definition) is 3. The third-order valence-corrected chi connectivity index (χ3v) is 3.92. The Hall–Kier alpha value is -2.39. The van der Waals surface area contributed by atoms with Gasteiger partial charge in [0.15, 0.2) is 0 Å². The van der Waals surface area contributed by atoms with Crippen LogP contribution in [0.1, 0.15) is 11.1 Å². The van der Waals surface area contributed by atoms with E-state index in [2.05, 4.69) is 16.9 Å².